The first-order valence-corrected chi connectivity index (χ1v) is 11.4. The number of nitrogens with zero attached hydrogens (tertiary/aromatic N) is 1. The lowest BCUT2D eigenvalue weighted by atomic mass is 10.1. The van der Waals surface area contributed by atoms with Gasteiger partial charge in [-0.2, -0.15) is 0 Å². The Bertz CT molecular complexity index is 1290. The minimum absolute atomic E-state index is 0.00826. The number of furan rings is 1. The van der Waals surface area contributed by atoms with Crippen molar-refractivity contribution in [2.24, 2.45) is 0 Å². The average Bonchev–Trinajstić information content (AvgIpc) is 3.28. The fourth-order valence-corrected chi connectivity index (χ4v) is 4.83. The number of carboxylic acid groups (broad SMARTS) is 1. The summed E-state index contributed by atoms with van der Waals surface area (Å²) in [6.45, 7) is 0. The van der Waals surface area contributed by atoms with Crippen LogP contribution in [0.4, 0.5) is 5.69 Å². The maximum Gasteiger partial charge on any atom is 0.337 e. The first-order valence-electron chi connectivity index (χ1n) is 8.60. The first kappa shape index (κ1) is 22.1. The predicted molar refractivity (Wildman–Crippen MR) is 131 cm³/mol. The summed E-state index contributed by atoms with van der Waals surface area (Å²) < 4.78 is 6.92. The number of thioether (sulfide) groups is 1. The van der Waals surface area contributed by atoms with Gasteiger partial charge in [0.05, 0.1) is 26.2 Å². The van der Waals surface area contributed by atoms with Crippen LogP contribution in [0.3, 0.4) is 0 Å². The zero-order valence-corrected chi connectivity index (χ0v) is 20.0. The minimum Gasteiger partial charge on any atom is -0.478 e. The summed E-state index contributed by atoms with van der Waals surface area (Å²) in [6, 6.07) is 13.1. The van der Waals surface area contributed by atoms with E-state index in [1.165, 1.54) is 17.0 Å². The van der Waals surface area contributed by atoms with E-state index in [2.05, 4.69) is 15.9 Å². The second-order valence-electron chi connectivity index (χ2n) is 6.32. The number of carbonyl (C=O) groups is 2. The first-order chi connectivity index (χ1) is 14.7. The predicted octanol–water partition coefficient (Wildman–Crippen LogP) is 7.12. The summed E-state index contributed by atoms with van der Waals surface area (Å²) in [5.41, 5.74) is 1.20. The monoisotopic (exact) mass is 553 g/mol. The third-order valence-corrected chi connectivity index (χ3v) is 7.19. The van der Waals surface area contributed by atoms with Crippen molar-refractivity contribution >= 4 is 91.1 Å². The molecule has 0 radical (unpaired) electrons. The molecule has 5 nitrogen and oxygen atoms in total. The highest BCUT2D eigenvalue weighted by molar-refractivity contribution is 9.10. The van der Waals surface area contributed by atoms with Gasteiger partial charge in [0.1, 0.15) is 11.5 Å². The molecule has 2 heterocycles. The number of thiocarbonyl (C=S) groups is 1. The molecule has 156 valence electrons. The van der Waals surface area contributed by atoms with Gasteiger partial charge in [-0.15, -0.1) is 0 Å². The van der Waals surface area contributed by atoms with Gasteiger partial charge in [-0.1, -0.05) is 53.2 Å². The molecule has 3 aromatic rings. The number of anilines is 1. The number of amides is 1. The lowest BCUT2D eigenvalue weighted by molar-refractivity contribution is -0.113. The van der Waals surface area contributed by atoms with Gasteiger partial charge in [0.15, 0.2) is 4.32 Å². The molecular weight excluding hydrogens is 545 g/mol. The smallest absolute Gasteiger partial charge is 0.337 e. The van der Waals surface area contributed by atoms with Crippen LogP contribution in [0.25, 0.3) is 17.4 Å². The normalized spacial score (nSPS) is 15.2. The van der Waals surface area contributed by atoms with E-state index in [0.717, 1.165) is 16.2 Å². The van der Waals surface area contributed by atoms with Crippen LogP contribution in [0.1, 0.15) is 16.1 Å². The molecule has 1 fully saturated rings. The van der Waals surface area contributed by atoms with E-state index in [-0.39, 0.29) is 16.5 Å². The van der Waals surface area contributed by atoms with E-state index in [9.17, 15) is 9.59 Å². The van der Waals surface area contributed by atoms with Crippen LogP contribution >= 0.6 is 63.1 Å². The van der Waals surface area contributed by atoms with Gasteiger partial charge < -0.3 is 9.52 Å². The minimum atomic E-state index is -1.11. The van der Waals surface area contributed by atoms with Crippen molar-refractivity contribution in [1.82, 2.24) is 0 Å². The van der Waals surface area contributed by atoms with Crippen LogP contribution in [-0.4, -0.2) is 21.3 Å². The van der Waals surface area contributed by atoms with Gasteiger partial charge in [-0.3, -0.25) is 9.69 Å². The summed E-state index contributed by atoms with van der Waals surface area (Å²) in [5, 5.41) is 9.67. The van der Waals surface area contributed by atoms with Gasteiger partial charge in [0.2, 0.25) is 0 Å². The third kappa shape index (κ3) is 4.44. The Hall–Kier alpha value is -2.10. The van der Waals surface area contributed by atoms with Gasteiger partial charge >= 0.3 is 5.97 Å². The third-order valence-electron chi connectivity index (χ3n) is 4.34. The quantitative estimate of drug-likeness (QED) is 0.273. The maximum atomic E-state index is 12.9. The molecule has 4 rings (SSSR count). The molecule has 0 saturated carbocycles. The lowest BCUT2D eigenvalue weighted by Gasteiger charge is -2.15. The summed E-state index contributed by atoms with van der Waals surface area (Å²) in [4.78, 5) is 25.9. The molecule has 2 aromatic carbocycles. The Morgan fingerprint density at radius 1 is 1.13 bits per heavy atom. The number of halogens is 3. The molecule has 1 N–H and O–H groups in total. The zero-order chi connectivity index (χ0) is 22.3. The van der Waals surface area contributed by atoms with E-state index in [1.807, 2.05) is 0 Å². The van der Waals surface area contributed by atoms with Crippen LogP contribution in [0, 0.1) is 0 Å². The number of rotatable bonds is 4. The number of aromatic carboxylic acids is 1. The topological polar surface area (TPSA) is 70.8 Å². The van der Waals surface area contributed by atoms with Crippen LogP contribution in [0.2, 0.25) is 10.0 Å². The SMILES string of the molecule is O=C(O)c1ccc(-c2ccc(/C=C3\SC(=S)N(c4ccc(Br)c(Cl)c4)C3=O)o2)cc1Cl. The maximum absolute atomic E-state index is 12.9. The second-order valence-corrected chi connectivity index (χ2v) is 9.66. The molecule has 0 spiro atoms. The Labute approximate surface area is 204 Å². The van der Waals surface area contributed by atoms with E-state index >= 15 is 0 Å². The van der Waals surface area contributed by atoms with Crippen molar-refractivity contribution < 1.29 is 19.1 Å². The Kier molecular flexibility index (Phi) is 6.27. The van der Waals surface area contributed by atoms with Crippen molar-refractivity contribution in [3.05, 3.63) is 79.3 Å². The summed E-state index contributed by atoms with van der Waals surface area (Å²) in [6.07, 6.45) is 1.61. The number of hydrogen-bond acceptors (Lipinski definition) is 5. The Morgan fingerprint density at radius 3 is 2.58 bits per heavy atom. The standard InChI is InChI=1S/C21H10BrCl2NO4S2/c22-14-5-2-11(8-16(14)24)25-19(26)18(31-21(25)30)9-12-3-6-17(29-12)10-1-4-13(20(27)28)15(23)7-10/h1-9H,(H,27,28)/b18-9-. The molecule has 10 heteroatoms. The summed E-state index contributed by atoms with van der Waals surface area (Å²) in [5.74, 6) is -0.450. The molecule has 1 aromatic heterocycles. The molecule has 0 unspecified atom stereocenters. The molecule has 0 atom stereocenters. The van der Waals surface area contributed by atoms with Crippen molar-refractivity contribution in [2.75, 3.05) is 4.90 Å². The Morgan fingerprint density at radius 2 is 1.90 bits per heavy atom. The van der Waals surface area contributed by atoms with Crippen molar-refractivity contribution in [3.8, 4) is 11.3 Å². The molecular formula is C21H10BrCl2NO4S2. The summed E-state index contributed by atoms with van der Waals surface area (Å²) >= 11 is 22.0. The highest BCUT2D eigenvalue weighted by Gasteiger charge is 2.33. The zero-order valence-electron chi connectivity index (χ0n) is 15.3. The molecule has 1 saturated heterocycles. The lowest BCUT2D eigenvalue weighted by Crippen LogP contribution is -2.27. The summed E-state index contributed by atoms with van der Waals surface area (Å²) in [7, 11) is 0. The number of carboxylic acids is 1. The van der Waals surface area contributed by atoms with Crippen molar-refractivity contribution in [2.45, 2.75) is 0 Å². The molecule has 0 bridgehead atoms. The van der Waals surface area contributed by atoms with Crippen LogP contribution in [-0.2, 0) is 4.79 Å². The van der Waals surface area contributed by atoms with Crippen LogP contribution in [0.5, 0.6) is 0 Å². The van der Waals surface area contributed by atoms with Gasteiger partial charge in [0.25, 0.3) is 5.91 Å². The van der Waals surface area contributed by atoms with Crippen molar-refractivity contribution in [1.29, 1.82) is 0 Å². The molecule has 1 aliphatic rings. The highest BCUT2D eigenvalue weighted by Crippen LogP contribution is 2.38. The van der Waals surface area contributed by atoms with E-state index in [0.29, 0.717) is 37.0 Å². The fourth-order valence-electron chi connectivity index (χ4n) is 2.87. The second kappa shape index (κ2) is 8.80. The molecule has 31 heavy (non-hydrogen) atoms. The van der Waals surface area contributed by atoms with E-state index in [1.54, 1.807) is 42.5 Å². The van der Waals surface area contributed by atoms with Crippen molar-refractivity contribution in [3.63, 3.8) is 0 Å². The highest BCUT2D eigenvalue weighted by atomic mass is 79.9. The van der Waals surface area contributed by atoms with Crippen LogP contribution < -0.4 is 4.90 Å². The fraction of sp³-hybridized carbons (Fsp3) is 0. The Balaban J connectivity index is 1.60. The van der Waals surface area contributed by atoms with Crippen LogP contribution in [0.15, 0.2) is 62.3 Å². The van der Waals surface area contributed by atoms with Gasteiger partial charge in [-0.25, -0.2) is 4.79 Å². The number of carbonyl (C=O) groups excluding carboxylic acids is 1. The number of hydrogen-bond donors (Lipinski definition) is 1. The average molecular weight is 555 g/mol. The van der Waals surface area contributed by atoms with E-state index in [4.69, 9.17) is 44.9 Å². The van der Waals surface area contributed by atoms with E-state index < -0.39 is 5.97 Å². The van der Waals surface area contributed by atoms with Gasteiger partial charge in [0, 0.05) is 16.1 Å². The number of benzene rings is 2. The molecule has 0 aliphatic carbocycles. The largest absolute Gasteiger partial charge is 0.478 e. The molecule has 1 amide bonds. The van der Waals surface area contributed by atoms with Gasteiger partial charge in [-0.05, 0) is 58.4 Å². The molecule has 1 aliphatic heterocycles.